The smallest absolute Gasteiger partial charge is 0.326 e. The molecule has 0 aromatic heterocycles. The number of aliphatic carboxylic acids is 1. The van der Waals surface area contributed by atoms with Gasteiger partial charge < -0.3 is 15.7 Å². The molecule has 1 rings (SSSR count). The molecule has 0 radical (unpaired) electrons. The first-order valence-corrected chi connectivity index (χ1v) is 6.03. The van der Waals surface area contributed by atoms with E-state index in [4.69, 9.17) is 5.11 Å². The molecule has 0 saturated heterocycles. The molecule has 110 valence electrons. The molecule has 1 unspecified atom stereocenters. The third-order valence-corrected chi connectivity index (χ3v) is 2.69. The van der Waals surface area contributed by atoms with Gasteiger partial charge in [0.25, 0.3) is 0 Å². The van der Waals surface area contributed by atoms with Crippen LogP contribution in [0.4, 0.5) is 13.6 Å². The molecule has 0 spiro atoms. The molecule has 0 aliphatic carbocycles. The summed E-state index contributed by atoms with van der Waals surface area (Å²) in [4.78, 5) is 22.4. The van der Waals surface area contributed by atoms with Crippen LogP contribution in [0.25, 0.3) is 0 Å². The second-order valence-electron chi connectivity index (χ2n) is 4.60. The summed E-state index contributed by atoms with van der Waals surface area (Å²) in [7, 11) is 0. The van der Waals surface area contributed by atoms with Gasteiger partial charge in [-0.3, -0.25) is 0 Å². The van der Waals surface area contributed by atoms with E-state index in [0.29, 0.717) is 0 Å². The van der Waals surface area contributed by atoms with Crippen molar-refractivity contribution in [3.63, 3.8) is 0 Å². The maximum absolute atomic E-state index is 13.3. The van der Waals surface area contributed by atoms with E-state index >= 15 is 0 Å². The Labute approximate surface area is 115 Å². The molecule has 0 fully saturated rings. The Morgan fingerprint density at radius 1 is 1.30 bits per heavy atom. The molecule has 1 atom stereocenters. The highest BCUT2D eigenvalue weighted by molar-refractivity contribution is 5.82. The molecule has 0 heterocycles. The largest absolute Gasteiger partial charge is 0.480 e. The Bertz CT molecular complexity index is 506. The SMILES string of the molecule is CC(C)C(NC(=O)NCc1cccc(F)c1F)C(=O)O. The molecule has 0 aliphatic rings. The number of carbonyl (C=O) groups is 2. The van der Waals surface area contributed by atoms with Gasteiger partial charge >= 0.3 is 12.0 Å². The van der Waals surface area contributed by atoms with Gasteiger partial charge in [0, 0.05) is 12.1 Å². The molecule has 0 aliphatic heterocycles. The lowest BCUT2D eigenvalue weighted by molar-refractivity contribution is -0.140. The predicted molar refractivity (Wildman–Crippen MR) is 68.0 cm³/mol. The van der Waals surface area contributed by atoms with Gasteiger partial charge in [0.2, 0.25) is 0 Å². The standard InChI is InChI=1S/C13H16F2N2O3/c1-7(2)11(12(18)19)17-13(20)16-6-8-4-3-5-9(14)10(8)15/h3-5,7,11H,6H2,1-2H3,(H,18,19)(H2,16,17,20). The van der Waals surface area contributed by atoms with Crippen LogP contribution >= 0.6 is 0 Å². The van der Waals surface area contributed by atoms with Crippen LogP contribution in [0.1, 0.15) is 19.4 Å². The van der Waals surface area contributed by atoms with Crippen molar-refractivity contribution < 1.29 is 23.5 Å². The second kappa shape index (κ2) is 6.83. The summed E-state index contributed by atoms with van der Waals surface area (Å²) in [5, 5.41) is 13.4. The second-order valence-corrected chi connectivity index (χ2v) is 4.60. The van der Waals surface area contributed by atoms with Crippen molar-refractivity contribution >= 4 is 12.0 Å². The van der Waals surface area contributed by atoms with E-state index in [0.717, 1.165) is 6.07 Å². The maximum atomic E-state index is 13.3. The van der Waals surface area contributed by atoms with Crippen molar-refractivity contribution in [2.24, 2.45) is 5.92 Å². The normalized spacial score (nSPS) is 12.1. The number of rotatable bonds is 5. The van der Waals surface area contributed by atoms with Crippen LogP contribution in [0.5, 0.6) is 0 Å². The molecule has 1 aromatic rings. The van der Waals surface area contributed by atoms with Crippen LogP contribution in [0.3, 0.4) is 0 Å². The number of urea groups is 1. The van der Waals surface area contributed by atoms with E-state index < -0.39 is 29.7 Å². The minimum atomic E-state index is -1.16. The van der Waals surface area contributed by atoms with Crippen LogP contribution in [0.15, 0.2) is 18.2 Å². The van der Waals surface area contributed by atoms with Gasteiger partial charge in [-0.05, 0) is 12.0 Å². The molecular formula is C13H16F2N2O3. The quantitative estimate of drug-likeness (QED) is 0.773. The first kappa shape index (κ1) is 15.9. The van der Waals surface area contributed by atoms with E-state index in [2.05, 4.69) is 10.6 Å². The number of carboxylic acids is 1. The third kappa shape index (κ3) is 4.18. The lowest BCUT2D eigenvalue weighted by Gasteiger charge is -2.18. The summed E-state index contributed by atoms with van der Waals surface area (Å²) in [6.45, 7) is 3.05. The van der Waals surface area contributed by atoms with Crippen LogP contribution in [0.2, 0.25) is 0 Å². The maximum Gasteiger partial charge on any atom is 0.326 e. The van der Waals surface area contributed by atoms with Crippen LogP contribution in [-0.4, -0.2) is 23.1 Å². The van der Waals surface area contributed by atoms with E-state index in [1.54, 1.807) is 13.8 Å². The number of amides is 2. The average Bonchev–Trinajstić information content (AvgIpc) is 2.37. The van der Waals surface area contributed by atoms with Crippen molar-refractivity contribution in [2.45, 2.75) is 26.4 Å². The number of nitrogens with one attached hydrogen (secondary N) is 2. The van der Waals surface area contributed by atoms with Crippen molar-refractivity contribution in [3.05, 3.63) is 35.4 Å². The third-order valence-electron chi connectivity index (χ3n) is 2.69. The molecule has 3 N–H and O–H groups in total. The fourth-order valence-corrected chi connectivity index (χ4v) is 1.57. The van der Waals surface area contributed by atoms with Gasteiger partial charge in [0.1, 0.15) is 6.04 Å². The lowest BCUT2D eigenvalue weighted by Crippen LogP contribution is -2.48. The zero-order valence-corrected chi connectivity index (χ0v) is 11.1. The monoisotopic (exact) mass is 286 g/mol. The number of carboxylic acid groups (broad SMARTS) is 1. The zero-order valence-electron chi connectivity index (χ0n) is 11.1. The van der Waals surface area contributed by atoms with E-state index in [1.165, 1.54) is 12.1 Å². The van der Waals surface area contributed by atoms with Gasteiger partial charge in [-0.25, -0.2) is 18.4 Å². The number of hydrogen-bond acceptors (Lipinski definition) is 2. The molecule has 1 aromatic carbocycles. The summed E-state index contributed by atoms with van der Waals surface area (Å²) in [5.74, 6) is -3.50. The fraction of sp³-hybridized carbons (Fsp3) is 0.385. The van der Waals surface area contributed by atoms with Crippen molar-refractivity contribution in [3.8, 4) is 0 Å². The van der Waals surface area contributed by atoms with Gasteiger partial charge in [-0.15, -0.1) is 0 Å². The van der Waals surface area contributed by atoms with Crippen molar-refractivity contribution in [1.29, 1.82) is 0 Å². The minimum absolute atomic E-state index is 0.0171. The molecule has 20 heavy (non-hydrogen) atoms. The highest BCUT2D eigenvalue weighted by Crippen LogP contribution is 2.10. The number of hydrogen-bond donors (Lipinski definition) is 3. The van der Waals surface area contributed by atoms with Gasteiger partial charge in [0.05, 0.1) is 0 Å². The van der Waals surface area contributed by atoms with Crippen LogP contribution < -0.4 is 10.6 Å². The zero-order chi connectivity index (χ0) is 15.3. The van der Waals surface area contributed by atoms with Gasteiger partial charge in [-0.1, -0.05) is 26.0 Å². The molecule has 0 saturated carbocycles. The summed E-state index contributed by atoms with van der Waals surface area (Å²) in [6.07, 6.45) is 0. The Hall–Kier alpha value is -2.18. The first-order valence-electron chi connectivity index (χ1n) is 6.03. The van der Waals surface area contributed by atoms with E-state index in [-0.39, 0.29) is 18.0 Å². The van der Waals surface area contributed by atoms with Crippen LogP contribution in [-0.2, 0) is 11.3 Å². The number of benzene rings is 1. The van der Waals surface area contributed by atoms with E-state index in [1.807, 2.05) is 0 Å². The van der Waals surface area contributed by atoms with Crippen molar-refractivity contribution in [2.75, 3.05) is 0 Å². The molecule has 7 heteroatoms. The van der Waals surface area contributed by atoms with Crippen molar-refractivity contribution in [1.82, 2.24) is 10.6 Å². The summed E-state index contributed by atoms with van der Waals surface area (Å²) in [6, 6.07) is 1.82. The molecule has 0 bridgehead atoms. The fourth-order valence-electron chi connectivity index (χ4n) is 1.57. The summed E-state index contributed by atoms with van der Waals surface area (Å²) >= 11 is 0. The Morgan fingerprint density at radius 2 is 1.95 bits per heavy atom. The first-order chi connectivity index (χ1) is 9.32. The van der Waals surface area contributed by atoms with Gasteiger partial charge in [-0.2, -0.15) is 0 Å². The predicted octanol–water partition coefficient (Wildman–Crippen LogP) is 1.87. The molecule has 2 amide bonds. The highest BCUT2D eigenvalue weighted by atomic mass is 19.2. The number of carbonyl (C=O) groups excluding carboxylic acids is 1. The average molecular weight is 286 g/mol. The Kier molecular flexibility index (Phi) is 5.42. The number of halogens is 2. The minimum Gasteiger partial charge on any atom is -0.480 e. The molecular weight excluding hydrogens is 270 g/mol. The van der Waals surface area contributed by atoms with E-state index in [9.17, 15) is 18.4 Å². The highest BCUT2D eigenvalue weighted by Gasteiger charge is 2.23. The summed E-state index contributed by atoms with van der Waals surface area (Å²) in [5.41, 5.74) is -0.0171. The van der Waals surface area contributed by atoms with Gasteiger partial charge in [0.15, 0.2) is 11.6 Å². The van der Waals surface area contributed by atoms with Crippen LogP contribution in [0, 0.1) is 17.6 Å². The topological polar surface area (TPSA) is 78.4 Å². The Morgan fingerprint density at radius 3 is 2.50 bits per heavy atom. The Balaban J connectivity index is 2.59. The summed E-state index contributed by atoms with van der Waals surface area (Å²) < 4.78 is 26.3. The lowest BCUT2D eigenvalue weighted by atomic mass is 10.1. The molecule has 5 nitrogen and oxygen atoms in total.